The first-order valence-electron chi connectivity index (χ1n) is 5.64. The van der Waals surface area contributed by atoms with Crippen molar-refractivity contribution < 1.29 is 9.18 Å². The molecule has 0 atom stereocenters. The van der Waals surface area contributed by atoms with E-state index in [0.717, 1.165) is 9.21 Å². The molecule has 0 saturated carbocycles. The molecule has 0 bridgehead atoms. The van der Waals surface area contributed by atoms with Gasteiger partial charge >= 0.3 is 0 Å². The Morgan fingerprint density at radius 1 is 1.32 bits per heavy atom. The lowest BCUT2D eigenvalue weighted by molar-refractivity contribution is -0.115. The van der Waals surface area contributed by atoms with Crippen LogP contribution in [0, 0.1) is 5.82 Å². The van der Waals surface area contributed by atoms with Crippen molar-refractivity contribution in [2.24, 2.45) is 0 Å². The minimum Gasteiger partial charge on any atom is -0.325 e. The Labute approximate surface area is 119 Å². The summed E-state index contributed by atoms with van der Waals surface area (Å²) in [5, 5.41) is 5.61. The van der Waals surface area contributed by atoms with Crippen LogP contribution in [-0.4, -0.2) is 12.5 Å². The first-order valence-corrected chi connectivity index (χ1v) is 6.83. The lowest BCUT2D eigenvalue weighted by Gasteiger charge is -2.06. The first kappa shape index (κ1) is 14.0. The van der Waals surface area contributed by atoms with E-state index in [1.807, 2.05) is 12.1 Å². The minimum absolute atomic E-state index is 0.159. The highest BCUT2D eigenvalue weighted by Crippen LogP contribution is 2.20. The van der Waals surface area contributed by atoms with Crippen LogP contribution in [-0.2, 0) is 11.3 Å². The Hall–Kier alpha value is -1.43. The molecule has 100 valence electrons. The molecule has 0 radical (unpaired) electrons. The van der Waals surface area contributed by atoms with Gasteiger partial charge in [0.2, 0.25) is 5.91 Å². The lowest BCUT2D eigenvalue weighted by atomic mass is 10.3. The molecular weight excluding hydrogens is 287 g/mol. The van der Waals surface area contributed by atoms with Gasteiger partial charge in [-0.3, -0.25) is 4.79 Å². The highest BCUT2D eigenvalue weighted by Gasteiger charge is 2.03. The maximum atomic E-state index is 12.9. The monoisotopic (exact) mass is 298 g/mol. The summed E-state index contributed by atoms with van der Waals surface area (Å²) in [7, 11) is 0. The van der Waals surface area contributed by atoms with Gasteiger partial charge in [0.25, 0.3) is 0 Å². The molecule has 2 N–H and O–H groups in total. The average molecular weight is 299 g/mol. The third-order valence-corrected chi connectivity index (χ3v) is 3.55. The van der Waals surface area contributed by atoms with Crippen molar-refractivity contribution in [3.8, 4) is 0 Å². The van der Waals surface area contributed by atoms with Crippen LogP contribution in [0.3, 0.4) is 0 Å². The van der Waals surface area contributed by atoms with Crippen LogP contribution in [0.1, 0.15) is 4.88 Å². The van der Waals surface area contributed by atoms with Crippen molar-refractivity contribution in [1.29, 1.82) is 0 Å². The first-order chi connectivity index (χ1) is 9.13. The fraction of sp³-hybridized carbons (Fsp3) is 0.154. The van der Waals surface area contributed by atoms with Gasteiger partial charge in [0.1, 0.15) is 5.82 Å². The van der Waals surface area contributed by atoms with Crippen molar-refractivity contribution in [1.82, 2.24) is 5.32 Å². The van der Waals surface area contributed by atoms with Crippen LogP contribution in [0.2, 0.25) is 4.34 Å². The van der Waals surface area contributed by atoms with Gasteiger partial charge in [0, 0.05) is 17.1 Å². The highest BCUT2D eigenvalue weighted by atomic mass is 35.5. The zero-order chi connectivity index (χ0) is 13.7. The third-order valence-electron chi connectivity index (χ3n) is 2.32. The number of hydrogen-bond donors (Lipinski definition) is 2. The summed E-state index contributed by atoms with van der Waals surface area (Å²) in [6, 6.07) is 9.51. The molecule has 0 aliphatic rings. The van der Waals surface area contributed by atoms with Gasteiger partial charge in [0.15, 0.2) is 0 Å². The number of benzene rings is 1. The van der Waals surface area contributed by atoms with Crippen molar-refractivity contribution >= 4 is 34.5 Å². The molecule has 1 heterocycles. The molecule has 1 aromatic carbocycles. The van der Waals surface area contributed by atoms with Crippen molar-refractivity contribution in [2.45, 2.75) is 6.54 Å². The number of amides is 1. The Kier molecular flexibility index (Phi) is 4.90. The van der Waals surface area contributed by atoms with Gasteiger partial charge in [-0.15, -0.1) is 11.3 Å². The van der Waals surface area contributed by atoms with E-state index in [0.29, 0.717) is 12.2 Å². The Bertz CT molecular complexity index is 573. The van der Waals surface area contributed by atoms with Gasteiger partial charge in [-0.05, 0) is 30.3 Å². The minimum atomic E-state index is -0.376. The Morgan fingerprint density at radius 2 is 2.16 bits per heavy atom. The van der Waals surface area contributed by atoms with Crippen molar-refractivity contribution in [2.75, 3.05) is 11.9 Å². The van der Waals surface area contributed by atoms with Gasteiger partial charge in [-0.25, -0.2) is 4.39 Å². The van der Waals surface area contributed by atoms with Gasteiger partial charge in [-0.1, -0.05) is 17.7 Å². The summed E-state index contributed by atoms with van der Waals surface area (Å²) in [4.78, 5) is 12.7. The number of thiophene rings is 1. The zero-order valence-corrected chi connectivity index (χ0v) is 11.5. The number of carbonyl (C=O) groups is 1. The quantitative estimate of drug-likeness (QED) is 0.889. The molecule has 2 rings (SSSR count). The van der Waals surface area contributed by atoms with Gasteiger partial charge < -0.3 is 10.6 Å². The summed E-state index contributed by atoms with van der Waals surface area (Å²) in [5.74, 6) is -0.591. The predicted octanol–water partition coefficient (Wildman–Crippen LogP) is 3.27. The molecule has 1 aromatic heterocycles. The van der Waals surface area contributed by atoms with E-state index >= 15 is 0 Å². The topological polar surface area (TPSA) is 41.1 Å². The van der Waals surface area contributed by atoms with Crippen LogP contribution in [0.25, 0.3) is 0 Å². The lowest BCUT2D eigenvalue weighted by Crippen LogP contribution is -2.27. The predicted molar refractivity (Wildman–Crippen MR) is 76.1 cm³/mol. The molecule has 0 aliphatic heterocycles. The van der Waals surface area contributed by atoms with Crippen LogP contribution in [0.15, 0.2) is 36.4 Å². The fourth-order valence-corrected chi connectivity index (χ4v) is 2.57. The summed E-state index contributed by atoms with van der Waals surface area (Å²) in [5.41, 5.74) is 0.450. The average Bonchev–Trinajstić information content (AvgIpc) is 2.75. The van der Waals surface area contributed by atoms with E-state index in [2.05, 4.69) is 10.6 Å². The van der Waals surface area contributed by atoms with Crippen LogP contribution < -0.4 is 10.6 Å². The van der Waals surface area contributed by atoms with E-state index < -0.39 is 0 Å². The smallest absolute Gasteiger partial charge is 0.238 e. The van der Waals surface area contributed by atoms with Gasteiger partial charge in [-0.2, -0.15) is 0 Å². The maximum absolute atomic E-state index is 12.9. The molecule has 0 unspecified atom stereocenters. The largest absolute Gasteiger partial charge is 0.325 e. The molecule has 19 heavy (non-hydrogen) atoms. The number of nitrogens with one attached hydrogen (secondary N) is 2. The summed E-state index contributed by atoms with van der Waals surface area (Å²) in [6.45, 7) is 0.736. The highest BCUT2D eigenvalue weighted by molar-refractivity contribution is 7.16. The van der Waals surface area contributed by atoms with Crippen LogP contribution in [0.4, 0.5) is 10.1 Å². The second kappa shape index (κ2) is 6.65. The van der Waals surface area contributed by atoms with E-state index in [9.17, 15) is 9.18 Å². The number of halogens is 2. The molecule has 6 heteroatoms. The summed E-state index contributed by atoms with van der Waals surface area (Å²) in [6.07, 6.45) is 0. The van der Waals surface area contributed by atoms with Crippen LogP contribution >= 0.6 is 22.9 Å². The van der Waals surface area contributed by atoms with E-state index in [-0.39, 0.29) is 18.3 Å². The van der Waals surface area contributed by atoms with E-state index in [1.165, 1.54) is 23.5 Å². The SMILES string of the molecule is O=C(CNCc1ccc(Cl)s1)Nc1cccc(F)c1. The zero-order valence-electron chi connectivity index (χ0n) is 9.95. The van der Waals surface area contributed by atoms with Crippen molar-refractivity contribution in [3.05, 3.63) is 51.4 Å². The molecule has 2 aromatic rings. The second-order valence-corrected chi connectivity index (χ2v) is 5.67. The number of rotatable bonds is 5. The number of hydrogen-bond acceptors (Lipinski definition) is 3. The summed E-state index contributed by atoms with van der Waals surface area (Å²) >= 11 is 7.27. The van der Waals surface area contributed by atoms with Crippen LogP contribution in [0.5, 0.6) is 0 Å². The molecule has 0 aliphatic carbocycles. The fourth-order valence-electron chi connectivity index (χ4n) is 1.52. The van der Waals surface area contributed by atoms with E-state index in [1.54, 1.807) is 12.1 Å². The molecule has 3 nitrogen and oxygen atoms in total. The third kappa shape index (κ3) is 4.63. The molecule has 1 amide bonds. The molecule has 0 saturated heterocycles. The Morgan fingerprint density at radius 3 is 2.84 bits per heavy atom. The second-order valence-electron chi connectivity index (χ2n) is 3.87. The molecular formula is C13H12ClFN2OS. The molecule has 0 fully saturated rings. The van der Waals surface area contributed by atoms with E-state index in [4.69, 9.17) is 11.6 Å². The van der Waals surface area contributed by atoms with Gasteiger partial charge in [0.05, 0.1) is 10.9 Å². The summed E-state index contributed by atoms with van der Waals surface area (Å²) < 4.78 is 13.6. The maximum Gasteiger partial charge on any atom is 0.238 e. The Balaban J connectivity index is 1.76. The normalized spacial score (nSPS) is 10.4. The standard InChI is InChI=1S/C13H12ClFN2OS/c14-12-5-4-11(19-12)7-16-8-13(18)17-10-3-1-2-9(15)6-10/h1-6,16H,7-8H2,(H,17,18). The molecule has 0 spiro atoms. The van der Waals surface area contributed by atoms with Crippen molar-refractivity contribution in [3.63, 3.8) is 0 Å². The number of carbonyl (C=O) groups excluding carboxylic acids is 1. The number of anilines is 1.